The smallest absolute Gasteiger partial charge is 0.255 e. The minimum Gasteiger partial charge on any atom is -0.336 e. The van der Waals surface area contributed by atoms with Crippen molar-refractivity contribution in [3.05, 3.63) is 51.7 Å². The van der Waals surface area contributed by atoms with E-state index in [1.807, 2.05) is 55.1 Å². The van der Waals surface area contributed by atoms with Gasteiger partial charge in [0.25, 0.3) is 5.91 Å². The summed E-state index contributed by atoms with van der Waals surface area (Å²) in [6.07, 6.45) is 0. The van der Waals surface area contributed by atoms with Crippen LogP contribution >= 0.6 is 11.3 Å². The lowest BCUT2D eigenvalue weighted by Crippen LogP contribution is -2.50. The number of benzene rings is 1. The molecule has 2 heterocycles. The zero-order chi connectivity index (χ0) is 17.8. The first-order valence-corrected chi connectivity index (χ1v) is 9.28. The van der Waals surface area contributed by atoms with Crippen LogP contribution in [0.4, 0.5) is 5.69 Å². The van der Waals surface area contributed by atoms with Gasteiger partial charge in [0, 0.05) is 41.6 Å². The Kier molecular flexibility index (Phi) is 5.50. The van der Waals surface area contributed by atoms with Crippen molar-refractivity contribution in [3.63, 3.8) is 0 Å². The average molecular weight is 357 g/mol. The van der Waals surface area contributed by atoms with Gasteiger partial charge in [0.15, 0.2) is 0 Å². The Morgan fingerprint density at radius 3 is 2.36 bits per heavy atom. The highest BCUT2D eigenvalue weighted by atomic mass is 32.1. The van der Waals surface area contributed by atoms with E-state index >= 15 is 0 Å². The first kappa shape index (κ1) is 17.6. The van der Waals surface area contributed by atoms with Gasteiger partial charge >= 0.3 is 0 Å². The fourth-order valence-electron chi connectivity index (χ4n) is 3.05. The highest BCUT2D eigenvalue weighted by Crippen LogP contribution is 2.22. The summed E-state index contributed by atoms with van der Waals surface area (Å²) < 4.78 is 0. The number of rotatable bonds is 4. The molecule has 2 aromatic rings. The molecule has 1 aromatic carbocycles. The minimum absolute atomic E-state index is 0.0183. The van der Waals surface area contributed by atoms with Crippen molar-refractivity contribution in [2.75, 3.05) is 38.0 Å². The fourth-order valence-corrected chi connectivity index (χ4v) is 3.96. The van der Waals surface area contributed by atoms with Crippen molar-refractivity contribution in [1.29, 1.82) is 0 Å². The maximum Gasteiger partial charge on any atom is 0.255 e. The van der Waals surface area contributed by atoms with Crippen LogP contribution in [0.3, 0.4) is 0 Å². The lowest BCUT2D eigenvalue weighted by molar-refractivity contribution is -0.117. The number of nitrogens with one attached hydrogen (secondary N) is 1. The molecular weight excluding hydrogens is 334 g/mol. The van der Waals surface area contributed by atoms with Gasteiger partial charge in [-0.25, -0.2) is 0 Å². The van der Waals surface area contributed by atoms with Crippen LogP contribution in [0.15, 0.2) is 36.4 Å². The van der Waals surface area contributed by atoms with Gasteiger partial charge in [-0.05, 0) is 32.0 Å². The predicted molar refractivity (Wildman–Crippen MR) is 101 cm³/mol. The minimum atomic E-state index is -0.0183. The van der Waals surface area contributed by atoms with E-state index in [2.05, 4.69) is 10.2 Å². The number of nitrogens with zero attached hydrogens (tertiary/aromatic N) is 2. The number of hydrogen-bond donors (Lipinski definition) is 1. The Morgan fingerprint density at radius 1 is 1.08 bits per heavy atom. The third-order valence-corrected chi connectivity index (χ3v) is 5.32. The van der Waals surface area contributed by atoms with E-state index in [-0.39, 0.29) is 11.8 Å². The second-order valence-corrected chi connectivity index (χ2v) is 7.77. The monoisotopic (exact) mass is 357 g/mol. The Balaban J connectivity index is 1.49. The van der Waals surface area contributed by atoms with Crippen LogP contribution in [0.2, 0.25) is 0 Å². The van der Waals surface area contributed by atoms with Crippen molar-refractivity contribution in [3.8, 4) is 0 Å². The van der Waals surface area contributed by atoms with E-state index < -0.39 is 0 Å². The molecule has 0 saturated carbocycles. The summed E-state index contributed by atoms with van der Waals surface area (Å²) in [5.41, 5.74) is 1.63. The zero-order valence-electron chi connectivity index (χ0n) is 14.6. The topological polar surface area (TPSA) is 52.7 Å². The van der Waals surface area contributed by atoms with Gasteiger partial charge in [0.05, 0.1) is 12.1 Å². The van der Waals surface area contributed by atoms with E-state index in [1.165, 1.54) is 0 Å². The average Bonchev–Trinajstić information content (AvgIpc) is 2.94. The van der Waals surface area contributed by atoms with Crippen LogP contribution < -0.4 is 5.32 Å². The fraction of sp³-hybridized carbons (Fsp3) is 0.368. The number of hydrogen-bond acceptors (Lipinski definition) is 4. The Bertz CT molecular complexity index is 749. The van der Waals surface area contributed by atoms with Gasteiger partial charge in [-0.15, -0.1) is 11.3 Å². The van der Waals surface area contributed by atoms with Gasteiger partial charge in [-0.1, -0.05) is 18.2 Å². The van der Waals surface area contributed by atoms with E-state index in [0.29, 0.717) is 19.6 Å². The molecule has 1 aromatic heterocycles. The molecule has 1 aliphatic rings. The van der Waals surface area contributed by atoms with Crippen LogP contribution in [-0.4, -0.2) is 54.3 Å². The molecule has 6 heteroatoms. The van der Waals surface area contributed by atoms with Crippen LogP contribution in [0.25, 0.3) is 0 Å². The molecule has 25 heavy (non-hydrogen) atoms. The molecule has 132 valence electrons. The molecule has 0 bridgehead atoms. The van der Waals surface area contributed by atoms with E-state index in [9.17, 15) is 9.59 Å². The van der Waals surface area contributed by atoms with Crippen LogP contribution in [0, 0.1) is 13.8 Å². The summed E-state index contributed by atoms with van der Waals surface area (Å²) in [6, 6.07) is 11.4. The van der Waals surface area contributed by atoms with Crippen molar-refractivity contribution >= 4 is 28.8 Å². The zero-order valence-corrected chi connectivity index (χ0v) is 15.4. The molecule has 0 unspecified atom stereocenters. The molecule has 5 nitrogen and oxygen atoms in total. The number of para-hydroxylation sites is 1. The summed E-state index contributed by atoms with van der Waals surface area (Å²) in [5, 5.41) is 2.90. The third-order valence-electron chi connectivity index (χ3n) is 4.36. The SMILES string of the molecule is Cc1cc(C(=O)N2CCN(CC(=O)Nc3ccccc3)CC2)c(C)s1. The first-order valence-electron chi connectivity index (χ1n) is 8.46. The molecule has 1 N–H and O–H groups in total. The predicted octanol–water partition coefficient (Wildman–Crippen LogP) is 2.76. The van der Waals surface area contributed by atoms with E-state index in [0.717, 1.165) is 34.1 Å². The van der Waals surface area contributed by atoms with Crippen molar-refractivity contribution in [1.82, 2.24) is 9.80 Å². The number of piperazine rings is 1. The van der Waals surface area contributed by atoms with Crippen molar-refractivity contribution in [2.45, 2.75) is 13.8 Å². The van der Waals surface area contributed by atoms with Gasteiger partial charge in [0.1, 0.15) is 0 Å². The number of carbonyl (C=O) groups is 2. The van der Waals surface area contributed by atoms with Gasteiger partial charge < -0.3 is 10.2 Å². The third kappa shape index (κ3) is 4.46. The summed E-state index contributed by atoms with van der Waals surface area (Å²) in [6.45, 7) is 7.13. The molecule has 1 fully saturated rings. The Morgan fingerprint density at radius 2 is 1.76 bits per heavy atom. The van der Waals surface area contributed by atoms with Crippen LogP contribution in [-0.2, 0) is 4.79 Å². The second kappa shape index (κ2) is 7.80. The normalized spacial score (nSPS) is 15.2. The largest absolute Gasteiger partial charge is 0.336 e. The lowest BCUT2D eigenvalue weighted by Gasteiger charge is -2.34. The molecule has 3 rings (SSSR count). The summed E-state index contributed by atoms with van der Waals surface area (Å²) in [4.78, 5) is 31.0. The van der Waals surface area contributed by atoms with Crippen LogP contribution in [0.5, 0.6) is 0 Å². The van der Waals surface area contributed by atoms with E-state index in [4.69, 9.17) is 0 Å². The Hall–Kier alpha value is -2.18. The maximum absolute atomic E-state index is 12.6. The molecule has 1 aliphatic heterocycles. The van der Waals surface area contributed by atoms with Gasteiger partial charge in [-0.2, -0.15) is 0 Å². The standard InChI is InChI=1S/C19H23N3O2S/c1-14-12-17(15(2)25-14)19(24)22-10-8-21(9-11-22)13-18(23)20-16-6-4-3-5-7-16/h3-7,12H,8-11,13H2,1-2H3,(H,20,23). The highest BCUT2D eigenvalue weighted by Gasteiger charge is 2.24. The van der Waals surface area contributed by atoms with Gasteiger partial charge in [0.2, 0.25) is 5.91 Å². The first-order chi connectivity index (χ1) is 12.0. The Labute approximate surface area is 152 Å². The summed E-state index contributed by atoms with van der Waals surface area (Å²) >= 11 is 1.66. The number of thiophene rings is 1. The molecule has 1 saturated heterocycles. The molecule has 0 radical (unpaired) electrons. The quantitative estimate of drug-likeness (QED) is 0.915. The molecular formula is C19H23N3O2S. The maximum atomic E-state index is 12.6. The molecule has 0 spiro atoms. The number of amides is 2. The molecule has 0 aliphatic carbocycles. The van der Waals surface area contributed by atoms with Gasteiger partial charge in [-0.3, -0.25) is 14.5 Å². The lowest BCUT2D eigenvalue weighted by atomic mass is 10.2. The second-order valence-electron chi connectivity index (χ2n) is 6.31. The van der Waals surface area contributed by atoms with Crippen LogP contribution in [0.1, 0.15) is 20.1 Å². The number of carbonyl (C=O) groups excluding carboxylic acids is 2. The number of aryl methyl sites for hydroxylation is 2. The number of anilines is 1. The highest BCUT2D eigenvalue weighted by molar-refractivity contribution is 7.12. The molecule has 2 amide bonds. The summed E-state index contributed by atoms with van der Waals surface area (Å²) in [7, 11) is 0. The molecule has 0 atom stereocenters. The summed E-state index contributed by atoms with van der Waals surface area (Å²) in [5.74, 6) is 0.0884. The van der Waals surface area contributed by atoms with Crippen molar-refractivity contribution < 1.29 is 9.59 Å². The van der Waals surface area contributed by atoms with E-state index in [1.54, 1.807) is 11.3 Å². The van der Waals surface area contributed by atoms with Crippen molar-refractivity contribution in [2.24, 2.45) is 0 Å².